The first-order valence-electron chi connectivity index (χ1n) is 7.81. The van der Waals surface area contributed by atoms with Crippen molar-refractivity contribution >= 4 is 11.6 Å². The number of rotatable bonds is 5. The number of likely N-dealkylation sites (tertiary alicyclic amines) is 1. The highest BCUT2D eigenvalue weighted by Gasteiger charge is 2.24. The summed E-state index contributed by atoms with van der Waals surface area (Å²) in [5.41, 5.74) is 1.45. The Morgan fingerprint density at radius 1 is 1.48 bits per heavy atom. The molecule has 1 aromatic heterocycles. The van der Waals surface area contributed by atoms with Crippen LogP contribution in [0.1, 0.15) is 43.6 Å². The van der Waals surface area contributed by atoms with Crippen molar-refractivity contribution in [1.82, 2.24) is 15.2 Å². The fourth-order valence-electron chi connectivity index (χ4n) is 2.58. The Kier molecular flexibility index (Phi) is 5.56. The molecule has 0 spiro atoms. The number of aromatic nitrogens is 1. The number of carbonyl (C=O) groups is 1. The van der Waals surface area contributed by atoms with Crippen LogP contribution < -0.4 is 10.6 Å². The molecule has 1 aromatic rings. The summed E-state index contributed by atoms with van der Waals surface area (Å²) in [6, 6.07) is 4.46. The maximum atomic E-state index is 12.2. The molecule has 1 aliphatic rings. The van der Waals surface area contributed by atoms with Crippen molar-refractivity contribution < 1.29 is 4.79 Å². The third kappa shape index (κ3) is 4.43. The summed E-state index contributed by atoms with van der Waals surface area (Å²) in [5.74, 6) is -0.0706. The summed E-state index contributed by atoms with van der Waals surface area (Å²) >= 11 is 0. The first kappa shape index (κ1) is 15.8. The molecule has 2 N–H and O–H groups in total. The summed E-state index contributed by atoms with van der Waals surface area (Å²) in [6.45, 7) is 6.26. The second-order valence-electron chi connectivity index (χ2n) is 5.88. The SMILES string of the molecule is CCCNc1ccc(C(=O)NC2CCN(C)C(C)C2)nc1. The van der Waals surface area contributed by atoms with Crippen molar-refractivity contribution in [1.29, 1.82) is 0 Å². The molecule has 1 fully saturated rings. The first-order chi connectivity index (χ1) is 10.1. The Balaban J connectivity index is 1.88. The van der Waals surface area contributed by atoms with Gasteiger partial charge in [0.2, 0.25) is 0 Å². The lowest BCUT2D eigenvalue weighted by molar-refractivity contribution is 0.0891. The minimum absolute atomic E-state index is 0.0706. The van der Waals surface area contributed by atoms with Gasteiger partial charge in [0.15, 0.2) is 0 Å². The van der Waals surface area contributed by atoms with E-state index >= 15 is 0 Å². The van der Waals surface area contributed by atoms with E-state index < -0.39 is 0 Å². The number of nitrogens with zero attached hydrogens (tertiary/aromatic N) is 2. The van der Waals surface area contributed by atoms with Crippen molar-refractivity contribution in [2.45, 2.75) is 45.2 Å². The quantitative estimate of drug-likeness (QED) is 0.872. The molecule has 0 aliphatic carbocycles. The molecule has 21 heavy (non-hydrogen) atoms. The van der Waals surface area contributed by atoms with Gasteiger partial charge in [-0.1, -0.05) is 6.92 Å². The number of carbonyl (C=O) groups excluding carboxylic acids is 1. The predicted octanol–water partition coefficient (Wildman–Crippen LogP) is 2.12. The first-order valence-corrected chi connectivity index (χ1v) is 7.81. The van der Waals surface area contributed by atoms with Crippen LogP contribution in [-0.4, -0.2) is 48.0 Å². The lowest BCUT2D eigenvalue weighted by Crippen LogP contribution is -2.47. The average molecular weight is 290 g/mol. The lowest BCUT2D eigenvalue weighted by Gasteiger charge is -2.35. The molecular weight excluding hydrogens is 264 g/mol. The molecule has 0 saturated carbocycles. The third-order valence-corrected chi connectivity index (χ3v) is 4.12. The summed E-state index contributed by atoms with van der Waals surface area (Å²) in [4.78, 5) is 18.8. The van der Waals surface area contributed by atoms with E-state index in [9.17, 15) is 4.79 Å². The molecule has 2 unspecified atom stereocenters. The van der Waals surface area contributed by atoms with Crippen LogP contribution in [0.25, 0.3) is 0 Å². The lowest BCUT2D eigenvalue weighted by atomic mass is 9.99. The van der Waals surface area contributed by atoms with Crippen LogP contribution in [-0.2, 0) is 0 Å². The van der Waals surface area contributed by atoms with Gasteiger partial charge < -0.3 is 15.5 Å². The predicted molar refractivity (Wildman–Crippen MR) is 85.6 cm³/mol. The van der Waals surface area contributed by atoms with Crippen molar-refractivity contribution in [3.05, 3.63) is 24.0 Å². The van der Waals surface area contributed by atoms with E-state index in [0.29, 0.717) is 11.7 Å². The summed E-state index contributed by atoms with van der Waals surface area (Å²) in [5, 5.41) is 6.35. The Labute approximate surface area is 127 Å². The number of amides is 1. The molecule has 5 heteroatoms. The number of anilines is 1. The van der Waals surface area contributed by atoms with Gasteiger partial charge in [-0.15, -0.1) is 0 Å². The van der Waals surface area contributed by atoms with Crippen LogP contribution in [0.4, 0.5) is 5.69 Å². The van der Waals surface area contributed by atoms with E-state index in [1.807, 2.05) is 6.07 Å². The number of hydrogen-bond donors (Lipinski definition) is 2. The highest BCUT2D eigenvalue weighted by atomic mass is 16.1. The summed E-state index contributed by atoms with van der Waals surface area (Å²) in [7, 11) is 2.13. The van der Waals surface area contributed by atoms with Crippen LogP contribution in [0.15, 0.2) is 18.3 Å². The third-order valence-electron chi connectivity index (χ3n) is 4.12. The maximum Gasteiger partial charge on any atom is 0.270 e. The topological polar surface area (TPSA) is 57.3 Å². The molecule has 2 atom stereocenters. The molecule has 0 aromatic carbocycles. The van der Waals surface area contributed by atoms with Crippen LogP contribution in [0.3, 0.4) is 0 Å². The van der Waals surface area contributed by atoms with Crippen molar-refractivity contribution in [3.8, 4) is 0 Å². The molecule has 1 aliphatic heterocycles. The second kappa shape index (κ2) is 7.41. The van der Waals surface area contributed by atoms with Crippen molar-refractivity contribution in [2.75, 3.05) is 25.5 Å². The molecule has 1 amide bonds. The van der Waals surface area contributed by atoms with E-state index in [-0.39, 0.29) is 11.9 Å². The van der Waals surface area contributed by atoms with Crippen LogP contribution in [0.5, 0.6) is 0 Å². The molecule has 2 rings (SSSR count). The molecule has 116 valence electrons. The summed E-state index contributed by atoms with van der Waals surface area (Å²) < 4.78 is 0. The normalized spacial score (nSPS) is 22.8. The van der Waals surface area contributed by atoms with Gasteiger partial charge in [0.25, 0.3) is 5.91 Å². The van der Waals surface area contributed by atoms with Crippen LogP contribution in [0.2, 0.25) is 0 Å². The van der Waals surface area contributed by atoms with E-state index in [1.54, 1.807) is 12.3 Å². The van der Waals surface area contributed by atoms with Crippen molar-refractivity contribution in [3.63, 3.8) is 0 Å². The van der Waals surface area contributed by atoms with Gasteiger partial charge in [0, 0.05) is 25.2 Å². The molecule has 2 heterocycles. The van der Waals surface area contributed by atoms with Crippen LogP contribution in [0, 0.1) is 0 Å². The van der Waals surface area contributed by atoms with E-state index in [2.05, 4.69) is 41.4 Å². The fraction of sp³-hybridized carbons (Fsp3) is 0.625. The summed E-state index contributed by atoms with van der Waals surface area (Å²) in [6.07, 6.45) is 4.79. The smallest absolute Gasteiger partial charge is 0.270 e. The fourth-order valence-corrected chi connectivity index (χ4v) is 2.58. The van der Waals surface area contributed by atoms with Gasteiger partial charge in [-0.2, -0.15) is 0 Å². The number of hydrogen-bond acceptors (Lipinski definition) is 4. The zero-order valence-corrected chi connectivity index (χ0v) is 13.2. The average Bonchev–Trinajstić information content (AvgIpc) is 2.49. The zero-order valence-electron chi connectivity index (χ0n) is 13.2. The monoisotopic (exact) mass is 290 g/mol. The minimum atomic E-state index is -0.0706. The van der Waals surface area contributed by atoms with Gasteiger partial charge in [-0.05, 0) is 45.4 Å². The van der Waals surface area contributed by atoms with Crippen molar-refractivity contribution in [2.24, 2.45) is 0 Å². The van der Waals surface area contributed by atoms with E-state index in [1.165, 1.54) is 0 Å². The molecule has 0 bridgehead atoms. The number of piperidine rings is 1. The molecular formula is C16H26N4O. The Hall–Kier alpha value is -1.62. The van der Waals surface area contributed by atoms with Gasteiger partial charge in [0.05, 0.1) is 11.9 Å². The number of pyridine rings is 1. The zero-order chi connectivity index (χ0) is 15.2. The highest BCUT2D eigenvalue weighted by molar-refractivity contribution is 5.92. The minimum Gasteiger partial charge on any atom is -0.384 e. The Morgan fingerprint density at radius 3 is 2.90 bits per heavy atom. The largest absolute Gasteiger partial charge is 0.384 e. The molecule has 5 nitrogen and oxygen atoms in total. The van der Waals surface area contributed by atoms with E-state index in [4.69, 9.17) is 0 Å². The number of nitrogens with one attached hydrogen (secondary N) is 2. The Morgan fingerprint density at radius 2 is 2.29 bits per heavy atom. The standard InChI is InChI=1S/C16H26N4O/c1-4-8-17-14-5-6-15(18-11-14)16(21)19-13-7-9-20(3)12(2)10-13/h5-6,11-13,17H,4,7-10H2,1-3H3,(H,19,21). The molecule has 1 saturated heterocycles. The molecule has 0 radical (unpaired) electrons. The second-order valence-corrected chi connectivity index (χ2v) is 5.88. The Bertz CT molecular complexity index is 460. The highest BCUT2D eigenvalue weighted by Crippen LogP contribution is 2.16. The van der Waals surface area contributed by atoms with Gasteiger partial charge >= 0.3 is 0 Å². The van der Waals surface area contributed by atoms with Crippen LogP contribution >= 0.6 is 0 Å². The van der Waals surface area contributed by atoms with Gasteiger partial charge in [-0.25, -0.2) is 4.98 Å². The van der Waals surface area contributed by atoms with Gasteiger partial charge in [0.1, 0.15) is 5.69 Å². The maximum absolute atomic E-state index is 12.2. The van der Waals surface area contributed by atoms with Gasteiger partial charge in [-0.3, -0.25) is 4.79 Å². The van der Waals surface area contributed by atoms with E-state index in [0.717, 1.165) is 38.0 Å².